The summed E-state index contributed by atoms with van der Waals surface area (Å²) in [5.41, 5.74) is 2.13. The van der Waals surface area contributed by atoms with Crippen molar-refractivity contribution in [2.45, 2.75) is 26.4 Å². The molecular formula is C15H26Cl2N4O3. The lowest BCUT2D eigenvalue weighted by molar-refractivity contribution is -0.138. The molecule has 0 aliphatic carbocycles. The Labute approximate surface area is 154 Å². The van der Waals surface area contributed by atoms with E-state index in [-0.39, 0.29) is 36.8 Å². The van der Waals surface area contributed by atoms with E-state index < -0.39 is 0 Å². The smallest absolute Gasteiger partial charge is 0.242 e. The van der Waals surface area contributed by atoms with Crippen LogP contribution in [0.25, 0.3) is 0 Å². The zero-order valence-electron chi connectivity index (χ0n) is 14.1. The summed E-state index contributed by atoms with van der Waals surface area (Å²) >= 11 is 0. The minimum absolute atomic E-state index is 0. The SMILES string of the molecule is Cc1noc(C)c1CN1CCN(C(=O)C2COCCN2)CC1.Cl.Cl. The standard InChI is InChI=1S/C15H24N4O3.2ClH/c1-11-13(12(2)22-17-11)9-18-4-6-19(7-5-18)15(20)14-10-21-8-3-16-14;;/h14,16H,3-10H2,1-2H3;2*1H. The van der Waals surface area contributed by atoms with Gasteiger partial charge in [-0.3, -0.25) is 9.69 Å². The van der Waals surface area contributed by atoms with Crippen LogP contribution in [-0.4, -0.2) is 72.8 Å². The van der Waals surface area contributed by atoms with Crippen molar-refractivity contribution in [2.24, 2.45) is 0 Å². The Kier molecular flexibility index (Phi) is 8.45. The predicted octanol–water partition coefficient (Wildman–Crippen LogP) is 0.768. The number of morpholine rings is 1. The number of nitrogens with one attached hydrogen (secondary N) is 1. The number of carbonyl (C=O) groups is 1. The molecule has 3 rings (SSSR count). The first kappa shape index (κ1) is 21.2. The third kappa shape index (κ3) is 4.83. The van der Waals surface area contributed by atoms with Crippen LogP contribution in [0, 0.1) is 13.8 Å². The lowest BCUT2D eigenvalue weighted by atomic mass is 10.1. The van der Waals surface area contributed by atoms with Crippen molar-refractivity contribution in [3.8, 4) is 0 Å². The maximum absolute atomic E-state index is 12.4. The molecule has 1 atom stereocenters. The molecule has 1 aromatic rings. The Morgan fingerprint density at radius 3 is 2.50 bits per heavy atom. The van der Waals surface area contributed by atoms with Crippen molar-refractivity contribution in [1.82, 2.24) is 20.3 Å². The quantitative estimate of drug-likeness (QED) is 0.834. The van der Waals surface area contributed by atoms with Crippen molar-refractivity contribution in [3.63, 3.8) is 0 Å². The topological polar surface area (TPSA) is 70.8 Å². The van der Waals surface area contributed by atoms with Crippen molar-refractivity contribution in [2.75, 3.05) is 45.9 Å². The van der Waals surface area contributed by atoms with Gasteiger partial charge in [0, 0.05) is 44.8 Å². The van der Waals surface area contributed by atoms with Crippen molar-refractivity contribution in [1.29, 1.82) is 0 Å². The molecule has 2 fully saturated rings. The van der Waals surface area contributed by atoms with Crippen LogP contribution < -0.4 is 5.32 Å². The zero-order chi connectivity index (χ0) is 15.5. The molecular weight excluding hydrogens is 355 g/mol. The van der Waals surface area contributed by atoms with Gasteiger partial charge in [-0.1, -0.05) is 5.16 Å². The summed E-state index contributed by atoms with van der Waals surface area (Å²) in [4.78, 5) is 16.7. The van der Waals surface area contributed by atoms with Gasteiger partial charge in [0.05, 0.1) is 18.9 Å². The van der Waals surface area contributed by atoms with Crippen LogP contribution in [0.1, 0.15) is 17.0 Å². The number of ether oxygens (including phenoxy) is 1. The van der Waals surface area contributed by atoms with Gasteiger partial charge in [0.15, 0.2) is 0 Å². The third-order valence-corrected chi connectivity index (χ3v) is 4.47. The van der Waals surface area contributed by atoms with Gasteiger partial charge in [0.2, 0.25) is 5.91 Å². The van der Waals surface area contributed by atoms with Gasteiger partial charge in [0.1, 0.15) is 11.8 Å². The monoisotopic (exact) mass is 380 g/mol. The first-order valence-corrected chi connectivity index (χ1v) is 7.89. The second-order valence-electron chi connectivity index (χ2n) is 5.99. The number of carbonyl (C=O) groups excluding carboxylic acids is 1. The summed E-state index contributed by atoms with van der Waals surface area (Å²) in [5, 5.41) is 7.23. The molecule has 2 aliphatic rings. The first-order chi connectivity index (χ1) is 10.6. The normalized spacial score (nSPS) is 21.8. The number of piperazine rings is 1. The second kappa shape index (κ2) is 9.58. The van der Waals surface area contributed by atoms with Crippen LogP contribution in [0.2, 0.25) is 0 Å². The summed E-state index contributed by atoms with van der Waals surface area (Å²) in [7, 11) is 0. The minimum Gasteiger partial charge on any atom is -0.378 e. The van der Waals surface area contributed by atoms with E-state index in [9.17, 15) is 4.79 Å². The molecule has 2 saturated heterocycles. The molecule has 1 N–H and O–H groups in total. The van der Waals surface area contributed by atoms with Crippen LogP contribution in [0.5, 0.6) is 0 Å². The molecule has 7 nitrogen and oxygen atoms in total. The van der Waals surface area contributed by atoms with Crippen LogP contribution in [0.4, 0.5) is 0 Å². The van der Waals surface area contributed by atoms with E-state index in [4.69, 9.17) is 9.26 Å². The van der Waals surface area contributed by atoms with Gasteiger partial charge >= 0.3 is 0 Å². The van der Waals surface area contributed by atoms with Crippen molar-refractivity contribution < 1.29 is 14.1 Å². The molecule has 0 radical (unpaired) electrons. The summed E-state index contributed by atoms with van der Waals surface area (Å²) in [6.45, 7) is 9.97. The molecule has 1 unspecified atom stereocenters. The fourth-order valence-corrected chi connectivity index (χ4v) is 3.02. The van der Waals surface area contributed by atoms with Gasteiger partial charge in [-0.15, -0.1) is 24.8 Å². The third-order valence-electron chi connectivity index (χ3n) is 4.47. The van der Waals surface area contributed by atoms with Crippen molar-refractivity contribution >= 4 is 30.7 Å². The van der Waals surface area contributed by atoms with Crippen LogP contribution in [0.3, 0.4) is 0 Å². The summed E-state index contributed by atoms with van der Waals surface area (Å²) in [6, 6.07) is -0.178. The second-order valence-corrected chi connectivity index (χ2v) is 5.99. The highest BCUT2D eigenvalue weighted by Crippen LogP contribution is 2.16. The Morgan fingerprint density at radius 1 is 1.25 bits per heavy atom. The van der Waals surface area contributed by atoms with Gasteiger partial charge < -0.3 is 19.5 Å². The molecule has 0 saturated carbocycles. The molecule has 1 aromatic heterocycles. The van der Waals surface area contributed by atoms with Gasteiger partial charge in [-0.05, 0) is 13.8 Å². The predicted molar refractivity (Wildman–Crippen MR) is 94.9 cm³/mol. The van der Waals surface area contributed by atoms with E-state index in [1.807, 2.05) is 18.7 Å². The maximum atomic E-state index is 12.4. The van der Waals surface area contributed by atoms with Crippen molar-refractivity contribution in [3.05, 3.63) is 17.0 Å². The fraction of sp³-hybridized carbons (Fsp3) is 0.733. The number of hydrogen-bond donors (Lipinski definition) is 1. The number of aromatic nitrogens is 1. The van der Waals surface area contributed by atoms with E-state index in [1.165, 1.54) is 5.56 Å². The van der Waals surface area contributed by atoms with E-state index >= 15 is 0 Å². The van der Waals surface area contributed by atoms with E-state index in [1.54, 1.807) is 0 Å². The molecule has 9 heteroatoms. The molecule has 24 heavy (non-hydrogen) atoms. The Hall–Kier alpha value is -0.860. The van der Waals surface area contributed by atoms with E-state index in [0.717, 1.165) is 50.7 Å². The lowest BCUT2D eigenvalue weighted by Gasteiger charge is -2.37. The van der Waals surface area contributed by atoms with Gasteiger partial charge in [-0.25, -0.2) is 0 Å². The van der Waals surface area contributed by atoms with Crippen LogP contribution in [-0.2, 0) is 16.1 Å². The molecule has 3 heterocycles. The number of aryl methyl sites for hydroxylation is 2. The van der Waals surface area contributed by atoms with E-state index in [0.29, 0.717) is 13.2 Å². The molecule has 1 amide bonds. The molecule has 0 bridgehead atoms. The number of amides is 1. The van der Waals surface area contributed by atoms with Gasteiger partial charge in [0.25, 0.3) is 0 Å². The minimum atomic E-state index is -0.178. The first-order valence-electron chi connectivity index (χ1n) is 7.89. The average molecular weight is 381 g/mol. The molecule has 0 aromatic carbocycles. The average Bonchev–Trinajstić information content (AvgIpc) is 2.88. The zero-order valence-corrected chi connectivity index (χ0v) is 15.8. The molecule has 2 aliphatic heterocycles. The highest BCUT2D eigenvalue weighted by atomic mass is 35.5. The summed E-state index contributed by atoms with van der Waals surface area (Å²) in [5.74, 6) is 1.05. The number of rotatable bonds is 3. The Morgan fingerprint density at radius 2 is 1.96 bits per heavy atom. The molecule has 0 spiro atoms. The Bertz CT molecular complexity index is 507. The Balaban J connectivity index is 0.00000144. The van der Waals surface area contributed by atoms with Crippen LogP contribution >= 0.6 is 24.8 Å². The number of hydrogen-bond acceptors (Lipinski definition) is 6. The fourth-order valence-electron chi connectivity index (χ4n) is 3.02. The largest absolute Gasteiger partial charge is 0.378 e. The maximum Gasteiger partial charge on any atom is 0.242 e. The van der Waals surface area contributed by atoms with Crippen LogP contribution in [0.15, 0.2) is 4.52 Å². The lowest BCUT2D eigenvalue weighted by Crippen LogP contribution is -2.57. The summed E-state index contributed by atoms with van der Waals surface area (Å²) < 4.78 is 10.6. The summed E-state index contributed by atoms with van der Waals surface area (Å²) in [6.07, 6.45) is 0. The van der Waals surface area contributed by atoms with E-state index in [2.05, 4.69) is 15.4 Å². The molecule has 138 valence electrons. The van der Waals surface area contributed by atoms with Gasteiger partial charge in [-0.2, -0.15) is 0 Å². The number of halogens is 2. The highest BCUT2D eigenvalue weighted by Gasteiger charge is 2.29. The number of nitrogens with zero attached hydrogens (tertiary/aromatic N) is 3. The highest BCUT2D eigenvalue weighted by molar-refractivity contribution is 5.85.